The quantitative estimate of drug-likeness (QED) is 0.582. The van der Waals surface area contributed by atoms with Gasteiger partial charge in [0.2, 0.25) is 0 Å². The molecule has 1 saturated carbocycles. The van der Waals surface area contributed by atoms with Crippen LogP contribution in [0.3, 0.4) is 0 Å². The molecule has 4 atom stereocenters. The minimum Gasteiger partial charge on any atom is -0.306 e. The first-order chi connectivity index (χ1) is 7.09. The third-order valence-corrected chi connectivity index (χ3v) is 4.41. The van der Waals surface area contributed by atoms with Crippen LogP contribution in [0.2, 0.25) is 0 Å². The third kappa shape index (κ3) is 5.12. The van der Waals surface area contributed by atoms with Crippen LogP contribution in [0.25, 0.3) is 0 Å². The topological polar surface area (TPSA) is 37.3 Å². The predicted octanol–water partition coefficient (Wildman–Crippen LogP) is 3.45. The average molecular weight is 232 g/mol. The van der Waals surface area contributed by atoms with Crippen molar-refractivity contribution in [3.8, 4) is 0 Å². The fourth-order valence-electron chi connectivity index (χ4n) is 2.68. The number of hydrogen-bond donors (Lipinski definition) is 1. The summed E-state index contributed by atoms with van der Waals surface area (Å²) in [6, 6.07) is 0. The molecule has 0 aromatic heterocycles. The van der Waals surface area contributed by atoms with Gasteiger partial charge < -0.3 is 4.55 Å². The molecule has 3 heteroatoms. The van der Waals surface area contributed by atoms with Crippen molar-refractivity contribution >= 4 is 11.1 Å². The van der Waals surface area contributed by atoms with Gasteiger partial charge in [0, 0.05) is 5.75 Å². The normalized spacial score (nSPS) is 33.9. The second-order valence-corrected chi connectivity index (χ2v) is 6.23. The first-order valence-electron chi connectivity index (χ1n) is 6.17. The zero-order valence-corrected chi connectivity index (χ0v) is 10.8. The van der Waals surface area contributed by atoms with Gasteiger partial charge in [0.1, 0.15) is 0 Å². The molecular weight excluding hydrogens is 208 g/mol. The van der Waals surface area contributed by atoms with Crippen LogP contribution in [-0.2, 0) is 11.1 Å². The summed E-state index contributed by atoms with van der Waals surface area (Å²) in [4.78, 5) is 0. The summed E-state index contributed by atoms with van der Waals surface area (Å²) >= 11 is -1.59. The number of rotatable bonds is 5. The van der Waals surface area contributed by atoms with Gasteiger partial charge in [0.05, 0.1) is 0 Å². The average Bonchev–Trinajstić information content (AvgIpc) is 2.17. The van der Waals surface area contributed by atoms with E-state index in [-0.39, 0.29) is 0 Å². The van der Waals surface area contributed by atoms with E-state index in [2.05, 4.69) is 13.8 Å². The Morgan fingerprint density at radius 2 is 2.00 bits per heavy atom. The molecule has 90 valence electrons. The van der Waals surface area contributed by atoms with Gasteiger partial charge in [-0.3, -0.25) is 0 Å². The molecule has 0 aliphatic heterocycles. The lowest BCUT2D eigenvalue weighted by atomic mass is 9.73. The van der Waals surface area contributed by atoms with Gasteiger partial charge in [-0.1, -0.05) is 39.5 Å². The lowest BCUT2D eigenvalue weighted by Gasteiger charge is -2.32. The maximum absolute atomic E-state index is 10.5. The van der Waals surface area contributed by atoms with Crippen LogP contribution in [0, 0.1) is 17.8 Å². The molecule has 1 aliphatic carbocycles. The molecule has 0 heterocycles. The summed E-state index contributed by atoms with van der Waals surface area (Å²) in [5, 5.41) is 0. The molecule has 0 aromatic rings. The van der Waals surface area contributed by atoms with Crippen molar-refractivity contribution in [2.24, 2.45) is 17.8 Å². The van der Waals surface area contributed by atoms with E-state index in [1.807, 2.05) is 0 Å². The molecular formula is C12H24O2S. The van der Waals surface area contributed by atoms with E-state index in [1.165, 1.54) is 25.7 Å². The Morgan fingerprint density at radius 3 is 2.67 bits per heavy atom. The van der Waals surface area contributed by atoms with Crippen molar-refractivity contribution < 1.29 is 8.76 Å². The highest BCUT2D eigenvalue weighted by Gasteiger charge is 2.24. The largest absolute Gasteiger partial charge is 0.306 e. The lowest BCUT2D eigenvalue weighted by Crippen LogP contribution is -2.21. The molecule has 0 bridgehead atoms. The van der Waals surface area contributed by atoms with Crippen molar-refractivity contribution in [3.05, 3.63) is 0 Å². The van der Waals surface area contributed by atoms with Gasteiger partial charge in [0.15, 0.2) is 11.1 Å². The van der Waals surface area contributed by atoms with E-state index < -0.39 is 11.1 Å². The maximum atomic E-state index is 10.5. The van der Waals surface area contributed by atoms with E-state index in [0.29, 0.717) is 5.75 Å². The van der Waals surface area contributed by atoms with Crippen molar-refractivity contribution in [2.75, 3.05) is 5.75 Å². The van der Waals surface area contributed by atoms with Gasteiger partial charge in [0.25, 0.3) is 0 Å². The Bertz CT molecular complexity index is 206. The Balaban J connectivity index is 2.16. The van der Waals surface area contributed by atoms with Crippen LogP contribution in [0.1, 0.15) is 52.4 Å². The first kappa shape index (κ1) is 13.2. The minimum absolute atomic E-state index is 0.455. The predicted molar refractivity (Wildman–Crippen MR) is 65.2 cm³/mol. The molecule has 0 amide bonds. The maximum Gasteiger partial charge on any atom is 0.152 e. The molecule has 0 radical (unpaired) electrons. The van der Waals surface area contributed by atoms with Gasteiger partial charge >= 0.3 is 0 Å². The van der Waals surface area contributed by atoms with Crippen LogP contribution < -0.4 is 0 Å². The Labute approximate surface area is 96.1 Å². The highest BCUT2D eigenvalue weighted by molar-refractivity contribution is 7.79. The van der Waals surface area contributed by atoms with E-state index in [9.17, 15) is 4.21 Å². The first-order valence-corrected chi connectivity index (χ1v) is 7.44. The minimum atomic E-state index is -1.59. The summed E-state index contributed by atoms with van der Waals surface area (Å²) in [5.41, 5.74) is 0. The number of hydrogen-bond acceptors (Lipinski definition) is 1. The van der Waals surface area contributed by atoms with Crippen molar-refractivity contribution in [2.45, 2.75) is 52.4 Å². The van der Waals surface area contributed by atoms with Crippen LogP contribution in [0.5, 0.6) is 0 Å². The molecule has 4 unspecified atom stereocenters. The summed E-state index contributed by atoms with van der Waals surface area (Å²) in [6.07, 6.45) is 7.40. The fraction of sp³-hybridized carbons (Fsp3) is 1.00. The van der Waals surface area contributed by atoms with Crippen molar-refractivity contribution in [3.63, 3.8) is 0 Å². The summed E-state index contributed by atoms with van der Waals surface area (Å²) in [7, 11) is 0. The zero-order valence-electron chi connectivity index (χ0n) is 9.95. The Morgan fingerprint density at radius 1 is 1.27 bits per heavy atom. The highest BCUT2D eigenvalue weighted by atomic mass is 32.2. The van der Waals surface area contributed by atoms with Crippen LogP contribution in [0.4, 0.5) is 0 Å². The molecule has 0 spiro atoms. The van der Waals surface area contributed by atoms with Crippen LogP contribution in [-0.4, -0.2) is 14.5 Å². The summed E-state index contributed by atoms with van der Waals surface area (Å²) < 4.78 is 19.1. The van der Waals surface area contributed by atoms with E-state index in [0.717, 1.165) is 30.6 Å². The summed E-state index contributed by atoms with van der Waals surface area (Å²) in [6.45, 7) is 4.71. The molecule has 0 saturated heterocycles. The van der Waals surface area contributed by atoms with Gasteiger partial charge in [-0.05, 0) is 30.6 Å². The highest BCUT2D eigenvalue weighted by Crippen LogP contribution is 2.36. The molecule has 1 N–H and O–H groups in total. The van der Waals surface area contributed by atoms with Crippen LogP contribution in [0.15, 0.2) is 0 Å². The summed E-state index contributed by atoms with van der Waals surface area (Å²) in [5.74, 6) is 3.07. The van der Waals surface area contributed by atoms with E-state index in [4.69, 9.17) is 4.55 Å². The molecule has 1 fully saturated rings. The third-order valence-electron chi connectivity index (χ3n) is 3.77. The van der Waals surface area contributed by atoms with E-state index in [1.54, 1.807) is 0 Å². The smallest absolute Gasteiger partial charge is 0.152 e. The van der Waals surface area contributed by atoms with Gasteiger partial charge in [-0.2, -0.15) is 0 Å². The molecule has 0 aromatic carbocycles. The monoisotopic (exact) mass is 232 g/mol. The second kappa shape index (κ2) is 6.64. The van der Waals surface area contributed by atoms with Crippen LogP contribution >= 0.6 is 0 Å². The SMILES string of the molecule is CC1CCC(C)C(CCCCS(=O)O)C1. The van der Waals surface area contributed by atoms with Crippen molar-refractivity contribution in [1.29, 1.82) is 0 Å². The molecule has 15 heavy (non-hydrogen) atoms. The zero-order chi connectivity index (χ0) is 11.3. The van der Waals surface area contributed by atoms with Gasteiger partial charge in [-0.25, -0.2) is 4.21 Å². The van der Waals surface area contributed by atoms with Gasteiger partial charge in [-0.15, -0.1) is 0 Å². The fourth-order valence-corrected chi connectivity index (χ4v) is 3.14. The standard InChI is InChI=1S/C12H24O2S/c1-10-6-7-11(2)12(9-10)5-3-4-8-15(13)14/h10-12H,3-9H2,1-2H3,(H,13,14). The Hall–Kier alpha value is 0.110. The number of unbranched alkanes of at least 4 members (excludes halogenated alkanes) is 1. The Kier molecular flexibility index (Phi) is 5.83. The molecule has 1 aliphatic rings. The van der Waals surface area contributed by atoms with Crippen molar-refractivity contribution in [1.82, 2.24) is 0 Å². The lowest BCUT2D eigenvalue weighted by molar-refractivity contribution is 0.190. The van der Waals surface area contributed by atoms with E-state index >= 15 is 0 Å². The molecule has 1 rings (SSSR count). The second-order valence-electron chi connectivity index (χ2n) is 5.18. The molecule has 2 nitrogen and oxygen atoms in total.